The van der Waals surface area contributed by atoms with Crippen molar-refractivity contribution in [2.24, 2.45) is 0 Å². The van der Waals surface area contributed by atoms with E-state index in [4.69, 9.17) is 9.47 Å². The molecule has 7 nitrogen and oxygen atoms in total. The maximum atomic E-state index is 12.6. The van der Waals surface area contributed by atoms with Crippen molar-refractivity contribution in [3.63, 3.8) is 0 Å². The largest absolute Gasteiger partial charge is 0.491 e. The number of carbonyl (C=O) groups is 1. The van der Waals surface area contributed by atoms with Crippen LogP contribution < -0.4 is 19.1 Å². The predicted molar refractivity (Wildman–Crippen MR) is 129 cm³/mol. The van der Waals surface area contributed by atoms with Gasteiger partial charge in [-0.05, 0) is 55.8 Å². The van der Waals surface area contributed by atoms with E-state index >= 15 is 0 Å². The number of carbonyl (C=O) groups excluding carboxylic acids is 1. The van der Waals surface area contributed by atoms with Gasteiger partial charge in [0.05, 0.1) is 18.0 Å². The summed E-state index contributed by atoms with van der Waals surface area (Å²) in [7, 11) is -3.75. The van der Waals surface area contributed by atoms with E-state index in [1.54, 1.807) is 36.4 Å². The Bertz CT molecular complexity index is 1160. The Hall–Kier alpha value is -3.52. The first-order valence-electron chi connectivity index (χ1n) is 10.5. The zero-order valence-electron chi connectivity index (χ0n) is 18.9. The third kappa shape index (κ3) is 7.25. The number of sulfonamides is 1. The van der Waals surface area contributed by atoms with E-state index < -0.39 is 15.9 Å². The van der Waals surface area contributed by atoms with Gasteiger partial charge in [0.1, 0.15) is 18.0 Å². The first-order chi connectivity index (χ1) is 15.7. The highest BCUT2D eigenvalue weighted by Crippen LogP contribution is 2.33. The third-order valence-corrected chi connectivity index (χ3v) is 5.70. The van der Waals surface area contributed by atoms with E-state index in [0.29, 0.717) is 11.5 Å². The Kier molecular flexibility index (Phi) is 7.95. The van der Waals surface area contributed by atoms with Crippen LogP contribution in [0.4, 0.5) is 5.69 Å². The van der Waals surface area contributed by atoms with Gasteiger partial charge in [0.25, 0.3) is 0 Å². The molecule has 1 amide bonds. The molecule has 0 aliphatic carbocycles. The molecule has 0 radical (unpaired) electrons. The molecule has 3 aromatic carbocycles. The molecule has 0 spiro atoms. The molecule has 0 bridgehead atoms. The first-order valence-corrected chi connectivity index (χ1v) is 12.4. The second-order valence-corrected chi connectivity index (χ2v) is 9.65. The zero-order chi connectivity index (χ0) is 23.8. The van der Waals surface area contributed by atoms with Gasteiger partial charge in [0.2, 0.25) is 15.9 Å². The van der Waals surface area contributed by atoms with Gasteiger partial charge in [-0.1, -0.05) is 42.5 Å². The van der Waals surface area contributed by atoms with Crippen LogP contribution in [0.15, 0.2) is 78.9 Å². The molecule has 0 unspecified atom stereocenters. The highest BCUT2D eigenvalue weighted by Gasteiger charge is 2.24. The fourth-order valence-electron chi connectivity index (χ4n) is 3.09. The molecule has 3 aromatic rings. The molecule has 33 heavy (non-hydrogen) atoms. The van der Waals surface area contributed by atoms with E-state index in [-0.39, 0.29) is 24.9 Å². The second-order valence-electron chi connectivity index (χ2n) is 7.74. The molecule has 0 fully saturated rings. The average Bonchev–Trinajstić information content (AvgIpc) is 2.77. The molecule has 174 valence electrons. The van der Waals surface area contributed by atoms with Gasteiger partial charge in [-0.2, -0.15) is 0 Å². The Morgan fingerprint density at radius 2 is 1.55 bits per heavy atom. The molecular weight excluding hydrogens is 440 g/mol. The SMILES string of the molecule is CC(C)Oc1ccc(CNC(=O)CN(c2ccccc2Oc2ccccc2)S(C)(=O)=O)cc1. The van der Waals surface area contributed by atoms with Gasteiger partial charge in [0.15, 0.2) is 5.75 Å². The van der Waals surface area contributed by atoms with Crippen LogP contribution in [-0.4, -0.2) is 33.2 Å². The minimum Gasteiger partial charge on any atom is -0.491 e. The number of anilines is 1. The number of hydrogen-bond donors (Lipinski definition) is 1. The number of nitrogens with zero attached hydrogens (tertiary/aromatic N) is 1. The van der Waals surface area contributed by atoms with Crippen LogP contribution in [-0.2, 0) is 21.4 Å². The Balaban J connectivity index is 1.71. The summed E-state index contributed by atoms with van der Waals surface area (Å²) < 4.78 is 37.6. The standard InChI is InChI=1S/C25H28N2O5S/c1-19(2)31-22-15-13-20(14-16-22)17-26-25(28)18-27(33(3,29)30)23-11-7-8-12-24(23)32-21-9-5-4-6-10-21/h4-16,19H,17-18H2,1-3H3,(H,26,28). The molecule has 8 heteroatoms. The van der Waals surface area contributed by atoms with Crippen molar-refractivity contribution < 1.29 is 22.7 Å². The van der Waals surface area contributed by atoms with Crippen molar-refractivity contribution >= 4 is 21.6 Å². The molecule has 0 aromatic heterocycles. The maximum Gasteiger partial charge on any atom is 0.241 e. The van der Waals surface area contributed by atoms with Crippen LogP contribution in [0.25, 0.3) is 0 Å². The van der Waals surface area contributed by atoms with Crippen molar-refractivity contribution in [3.8, 4) is 17.2 Å². The smallest absolute Gasteiger partial charge is 0.241 e. The highest BCUT2D eigenvalue weighted by molar-refractivity contribution is 7.92. The molecular formula is C25H28N2O5S. The fraction of sp³-hybridized carbons (Fsp3) is 0.240. The van der Waals surface area contributed by atoms with Gasteiger partial charge in [-0.25, -0.2) is 8.42 Å². The third-order valence-electron chi connectivity index (χ3n) is 4.58. The van der Waals surface area contributed by atoms with Crippen molar-refractivity contribution in [2.75, 3.05) is 17.1 Å². The lowest BCUT2D eigenvalue weighted by Gasteiger charge is -2.24. The number of ether oxygens (including phenoxy) is 2. The number of hydrogen-bond acceptors (Lipinski definition) is 5. The lowest BCUT2D eigenvalue weighted by Crippen LogP contribution is -2.40. The van der Waals surface area contributed by atoms with Gasteiger partial charge >= 0.3 is 0 Å². The quantitative estimate of drug-likeness (QED) is 0.478. The van der Waals surface area contributed by atoms with Crippen molar-refractivity contribution in [3.05, 3.63) is 84.4 Å². The molecule has 0 aliphatic rings. The summed E-state index contributed by atoms with van der Waals surface area (Å²) in [5.74, 6) is 1.21. The van der Waals surface area contributed by atoms with E-state index in [9.17, 15) is 13.2 Å². The Morgan fingerprint density at radius 1 is 0.909 bits per heavy atom. The predicted octanol–water partition coefficient (Wildman–Crippen LogP) is 4.35. The lowest BCUT2D eigenvalue weighted by molar-refractivity contribution is -0.119. The number of benzene rings is 3. The average molecular weight is 469 g/mol. The number of para-hydroxylation sites is 3. The summed E-state index contributed by atoms with van der Waals surface area (Å²) in [4.78, 5) is 12.6. The van der Waals surface area contributed by atoms with Gasteiger partial charge in [-0.15, -0.1) is 0 Å². The molecule has 0 saturated carbocycles. The summed E-state index contributed by atoms with van der Waals surface area (Å²) >= 11 is 0. The van der Waals surface area contributed by atoms with Gasteiger partial charge < -0.3 is 14.8 Å². The lowest BCUT2D eigenvalue weighted by atomic mass is 10.2. The van der Waals surface area contributed by atoms with Gasteiger partial charge in [-0.3, -0.25) is 9.10 Å². The summed E-state index contributed by atoms with van der Waals surface area (Å²) in [5, 5.41) is 2.77. The minimum absolute atomic E-state index is 0.0753. The van der Waals surface area contributed by atoms with Crippen LogP contribution in [0.2, 0.25) is 0 Å². The van der Waals surface area contributed by atoms with Gasteiger partial charge in [0, 0.05) is 6.54 Å². The molecule has 0 saturated heterocycles. The van der Waals surface area contributed by atoms with E-state index in [1.165, 1.54) is 0 Å². The maximum absolute atomic E-state index is 12.6. The minimum atomic E-state index is -3.75. The summed E-state index contributed by atoms with van der Waals surface area (Å²) in [6.45, 7) is 3.79. The summed E-state index contributed by atoms with van der Waals surface area (Å²) in [6.07, 6.45) is 1.14. The molecule has 0 aliphatic heterocycles. The molecule has 0 atom stereocenters. The summed E-state index contributed by atoms with van der Waals surface area (Å²) in [6, 6.07) is 23.1. The van der Waals surface area contributed by atoms with Crippen molar-refractivity contribution in [1.82, 2.24) is 5.32 Å². The van der Waals surface area contributed by atoms with E-state index in [0.717, 1.165) is 21.9 Å². The monoisotopic (exact) mass is 468 g/mol. The highest BCUT2D eigenvalue weighted by atomic mass is 32.2. The number of rotatable bonds is 10. The first kappa shape index (κ1) is 24.1. The number of amides is 1. The fourth-order valence-corrected chi connectivity index (χ4v) is 3.95. The Labute approximate surface area is 195 Å². The van der Waals surface area contributed by atoms with E-state index in [1.807, 2.05) is 56.3 Å². The zero-order valence-corrected chi connectivity index (χ0v) is 19.7. The summed E-state index contributed by atoms with van der Waals surface area (Å²) in [5.41, 5.74) is 1.16. The van der Waals surface area contributed by atoms with Crippen LogP contribution in [0.1, 0.15) is 19.4 Å². The second kappa shape index (κ2) is 10.9. The number of nitrogens with one attached hydrogen (secondary N) is 1. The normalized spacial score (nSPS) is 11.2. The molecule has 0 heterocycles. The Morgan fingerprint density at radius 3 is 2.18 bits per heavy atom. The van der Waals surface area contributed by atoms with Crippen LogP contribution in [0.3, 0.4) is 0 Å². The van der Waals surface area contributed by atoms with E-state index in [2.05, 4.69) is 5.32 Å². The van der Waals surface area contributed by atoms with Crippen molar-refractivity contribution in [2.45, 2.75) is 26.5 Å². The van der Waals surface area contributed by atoms with Crippen LogP contribution in [0, 0.1) is 0 Å². The topological polar surface area (TPSA) is 84.9 Å². The van der Waals surface area contributed by atoms with Crippen LogP contribution in [0.5, 0.6) is 17.2 Å². The van der Waals surface area contributed by atoms with Crippen molar-refractivity contribution in [1.29, 1.82) is 0 Å². The van der Waals surface area contributed by atoms with Crippen LogP contribution >= 0.6 is 0 Å². The molecule has 1 N–H and O–H groups in total. The molecule has 3 rings (SSSR count).